The van der Waals surface area contributed by atoms with Crippen LogP contribution in [0.4, 0.5) is 0 Å². The van der Waals surface area contributed by atoms with Crippen molar-refractivity contribution in [2.24, 2.45) is 5.10 Å². The molecule has 0 fully saturated rings. The Hall–Kier alpha value is -0.570. The lowest BCUT2D eigenvalue weighted by atomic mass is 10.3. The molecule has 0 saturated carbocycles. The van der Waals surface area contributed by atoms with Gasteiger partial charge in [-0.2, -0.15) is 5.10 Å². The average Bonchev–Trinajstić information content (AvgIpc) is 1.87. The minimum atomic E-state index is 0.547. The molecule has 0 atom stereocenters. The van der Waals surface area contributed by atoms with Crippen molar-refractivity contribution in [3.8, 4) is 0 Å². The van der Waals surface area contributed by atoms with Crippen LogP contribution in [0.5, 0.6) is 0 Å². The Morgan fingerprint density at radius 3 is 2.71 bits per heavy atom. The Labute approximate surface area is 42.2 Å². The molecule has 3 heteroatoms. The summed E-state index contributed by atoms with van der Waals surface area (Å²) >= 11 is 0. The van der Waals surface area contributed by atoms with Crippen molar-refractivity contribution in [3.63, 3.8) is 0 Å². The molecule has 0 radical (unpaired) electrons. The zero-order chi connectivity index (χ0) is 5.28. The second kappa shape index (κ2) is 1.50. The minimum Gasteiger partial charge on any atom is -0.742 e. The fourth-order valence-electron chi connectivity index (χ4n) is 0.548. The van der Waals surface area contributed by atoms with Gasteiger partial charge in [0.15, 0.2) is 0 Å². The van der Waals surface area contributed by atoms with E-state index in [9.17, 15) is 5.21 Å². The number of hydrazone groups is 1. The fourth-order valence-corrected chi connectivity index (χ4v) is 0.548. The molecule has 0 unspecified atom stereocenters. The molecule has 0 amide bonds. The van der Waals surface area contributed by atoms with Gasteiger partial charge in [0.1, 0.15) is 0 Å². The first-order chi connectivity index (χ1) is 3.29. The molecule has 1 aliphatic rings. The van der Waals surface area contributed by atoms with Gasteiger partial charge >= 0.3 is 0 Å². The first kappa shape index (κ1) is 4.59. The van der Waals surface area contributed by atoms with Gasteiger partial charge in [0, 0.05) is 18.7 Å². The summed E-state index contributed by atoms with van der Waals surface area (Å²) in [5, 5.41) is 14.5. The number of rotatable bonds is 0. The van der Waals surface area contributed by atoms with Crippen LogP contribution >= 0.6 is 0 Å². The molecule has 0 N–H and O–H groups in total. The lowest BCUT2D eigenvalue weighted by molar-refractivity contribution is 0.444. The van der Waals surface area contributed by atoms with Crippen molar-refractivity contribution in [2.45, 2.75) is 13.3 Å². The van der Waals surface area contributed by atoms with Crippen molar-refractivity contribution in [1.82, 2.24) is 5.17 Å². The molecule has 0 aromatic rings. The van der Waals surface area contributed by atoms with Gasteiger partial charge in [0.25, 0.3) is 0 Å². The van der Waals surface area contributed by atoms with Crippen molar-refractivity contribution in [1.29, 1.82) is 0 Å². The monoisotopic (exact) mass is 99.1 g/mol. The largest absolute Gasteiger partial charge is 0.742 e. The van der Waals surface area contributed by atoms with Crippen LogP contribution in [0.2, 0.25) is 0 Å². The van der Waals surface area contributed by atoms with Crippen LogP contribution < -0.4 is 0 Å². The van der Waals surface area contributed by atoms with Gasteiger partial charge in [-0.3, -0.25) is 0 Å². The highest BCUT2D eigenvalue weighted by molar-refractivity contribution is 5.82. The molecule has 0 saturated heterocycles. The fraction of sp³-hybridized carbons (Fsp3) is 0.750. The predicted molar refractivity (Wildman–Crippen MR) is 27.8 cm³/mol. The van der Waals surface area contributed by atoms with Gasteiger partial charge in [-0.1, -0.05) is 0 Å². The van der Waals surface area contributed by atoms with Crippen LogP contribution in [0.15, 0.2) is 5.10 Å². The summed E-state index contributed by atoms with van der Waals surface area (Å²) < 4.78 is 0. The standard InChI is InChI=1S/C4H7N2O/c1-4-2-3-6(7)5-4/h2-3H2,1H3/q-1. The van der Waals surface area contributed by atoms with Gasteiger partial charge < -0.3 is 10.4 Å². The summed E-state index contributed by atoms with van der Waals surface area (Å²) in [7, 11) is 0. The molecule has 0 aromatic carbocycles. The molecular weight excluding hydrogens is 92.1 g/mol. The minimum absolute atomic E-state index is 0.547. The predicted octanol–water partition coefficient (Wildman–Crippen LogP) is 0.566. The molecular formula is C4H7N2O-. The maximum Gasteiger partial charge on any atom is 0.0358 e. The molecule has 1 rings (SSSR count). The van der Waals surface area contributed by atoms with E-state index < -0.39 is 0 Å². The Morgan fingerprint density at radius 2 is 2.57 bits per heavy atom. The van der Waals surface area contributed by atoms with Crippen LogP contribution in [0.25, 0.3) is 0 Å². The molecule has 1 heterocycles. The number of nitrogens with zero attached hydrogens (tertiary/aromatic N) is 2. The van der Waals surface area contributed by atoms with E-state index in [2.05, 4.69) is 5.10 Å². The number of hydrogen-bond donors (Lipinski definition) is 0. The quantitative estimate of drug-likeness (QED) is 0.445. The highest BCUT2D eigenvalue weighted by atomic mass is 16.5. The summed E-state index contributed by atoms with van der Waals surface area (Å²) in [6, 6.07) is 0. The average molecular weight is 99.1 g/mol. The summed E-state index contributed by atoms with van der Waals surface area (Å²) in [5.41, 5.74) is 0.940. The SMILES string of the molecule is CC1=NN([O-])CC1. The number of hydrogen-bond acceptors (Lipinski definition) is 3. The second-order valence-electron chi connectivity index (χ2n) is 1.66. The van der Waals surface area contributed by atoms with E-state index >= 15 is 0 Å². The normalized spacial score (nSPS) is 20.3. The van der Waals surface area contributed by atoms with E-state index in [1.165, 1.54) is 0 Å². The third-order valence-corrected chi connectivity index (χ3v) is 0.947. The van der Waals surface area contributed by atoms with Crippen molar-refractivity contribution < 1.29 is 0 Å². The summed E-state index contributed by atoms with van der Waals surface area (Å²) in [5.74, 6) is 0. The van der Waals surface area contributed by atoms with Crippen molar-refractivity contribution in [2.75, 3.05) is 6.54 Å². The molecule has 0 aliphatic carbocycles. The van der Waals surface area contributed by atoms with Crippen LogP contribution in [0.1, 0.15) is 13.3 Å². The zero-order valence-electron chi connectivity index (χ0n) is 4.22. The van der Waals surface area contributed by atoms with E-state index in [1.54, 1.807) is 0 Å². The van der Waals surface area contributed by atoms with Gasteiger partial charge in [-0.25, -0.2) is 0 Å². The van der Waals surface area contributed by atoms with E-state index in [0.29, 0.717) is 6.54 Å². The van der Waals surface area contributed by atoms with E-state index in [1.807, 2.05) is 6.92 Å². The van der Waals surface area contributed by atoms with E-state index in [0.717, 1.165) is 17.3 Å². The number of hydroxylamine groups is 1. The van der Waals surface area contributed by atoms with Gasteiger partial charge in [0.2, 0.25) is 0 Å². The smallest absolute Gasteiger partial charge is 0.0358 e. The third-order valence-electron chi connectivity index (χ3n) is 0.947. The van der Waals surface area contributed by atoms with Gasteiger partial charge in [0.05, 0.1) is 0 Å². The second-order valence-corrected chi connectivity index (χ2v) is 1.66. The topological polar surface area (TPSA) is 38.7 Å². The summed E-state index contributed by atoms with van der Waals surface area (Å²) in [6.45, 7) is 2.41. The first-order valence-corrected chi connectivity index (χ1v) is 2.28. The molecule has 40 valence electrons. The molecule has 0 spiro atoms. The van der Waals surface area contributed by atoms with Crippen molar-refractivity contribution in [3.05, 3.63) is 5.21 Å². The zero-order valence-corrected chi connectivity index (χ0v) is 4.22. The molecule has 0 aromatic heterocycles. The molecule has 1 aliphatic heterocycles. The van der Waals surface area contributed by atoms with Crippen molar-refractivity contribution >= 4 is 5.71 Å². The van der Waals surface area contributed by atoms with Gasteiger partial charge in [-0.05, 0) is 6.92 Å². The highest BCUT2D eigenvalue weighted by Gasteiger charge is 1.99. The molecule has 7 heavy (non-hydrogen) atoms. The first-order valence-electron chi connectivity index (χ1n) is 2.28. The Kier molecular flexibility index (Phi) is 0.982. The van der Waals surface area contributed by atoms with Crippen LogP contribution in [-0.4, -0.2) is 17.4 Å². The summed E-state index contributed by atoms with van der Waals surface area (Å²) in [6.07, 6.45) is 0.837. The Bertz CT molecular complexity index is 99.9. The Morgan fingerprint density at radius 1 is 1.86 bits per heavy atom. The lowest BCUT2D eigenvalue weighted by Gasteiger charge is -2.16. The van der Waals surface area contributed by atoms with Gasteiger partial charge in [-0.15, -0.1) is 0 Å². The maximum atomic E-state index is 10.2. The maximum absolute atomic E-state index is 10.2. The van der Waals surface area contributed by atoms with Crippen LogP contribution in [0, 0.1) is 5.21 Å². The Balaban J connectivity index is 2.50. The highest BCUT2D eigenvalue weighted by Crippen LogP contribution is 2.01. The third kappa shape index (κ3) is 0.899. The van der Waals surface area contributed by atoms with Crippen LogP contribution in [0.3, 0.4) is 0 Å². The van der Waals surface area contributed by atoms with E-state index in [-0.39, 0.29) is 0 Å². The summed E-state index contributed by atoms with van der Waals surface area (Å²) in [4.78, 5) is 0. The molecule has 3 nitrogen and oxygen atoms in total. The lowest BCUT2D eigenvalue weighted by Crippen LogP contribution is -2.01. The van der Waals surface area contributed by atoms with Crippen LogP contribution in [-0.2, 0) is 0 Å². The van der Waals surface area contributed by atoms with E-state index in [4.69, 9.17) is 0 Å². The molecule has 0 bridgehead atoms.